The number of thioether (sulfide) groups is 1. The monoisotopic (exact) mass is 297 g/mol. The zero-order chi connectivity index (χ0) is 14.4. The molecule has 5 heteroatoms. The SMILES string of the molecule is CC(C)C1SCC(C(=O)O)N1C(=O)C1C2CCCCC21. The molecule has 1 N–H and O–H groups in total. The van der Waals surface area contributed by atoms with Crippen molar-refractivity contribution >= 4 is 23.6 Å². The summed E-state index contributed by atoms with van der Waals surface area (Å²) in [6.07, 6.45) is 4.78. The Labute approximate surface area is 124 Å². The zero-order valence-electron chi connectivity index (χ0n) is 12.1. The van der Waals surface area contributed by atoms with Gasteiger partial charge in [-0.2, -0.15) is 0 Å². The highest BCUT2D eigenvalue weighted by molar-refractivity contribution is 8.00. The van der Waals surface area contributed by atoms with E-state index < -0.39 is 12.0 Å². The highest BCUT2D eigenvalue weighted by Gasteiger charge is 2.58. The molecule has 4 atom stereocenters. The fourth-order valence-electron chi connectivity index (χ4n) is 4.04. The number of amides is 1. The van der Waals surface area contributed by atoms with Gasteiger partial charge in [-0.3, -0.25) is 4.79 Å². The van der Waals surface area contributed by atoms with E-state index in [4.69, 9.17) is 0 Å². The van der Waals surface area contributed by atoms with Gasteiger partial charge in [-0.1, -0.05) is 26.7 Å². The third-order valence-corrected chi connectivity index (χ3v) is 6.71. The molecular formula is C15H23NO3S. The van der Waals surface area contributed by atoms with Crippen molar-refractivity contribution in [2.45, 2.75) is 50.9 Å². The Kier molecular flexibility index (Phi) is 3.73. The van der Waals surface area contributed by atoms with E-state index >= 15 is 0 Å². The quantitative estimate of drug-likeness (QED) is 0.869. The van der Waals surface area contributed by atoms with Gasteiger partial charge in [0.05, 0.1) is 5.37 Å². The number of rotatable bonds is 3. The predicted octanol–water partition coefficient (Wildman–Crippen LogP) is 2.43. The van der Waals surface area contributed by atoms with Crippen LogP contribution in [0.5, 0.6) is 0 Å². The molecule has 3 rings (SSSR count). The molecule has 1 saturated heterocycles. The second kappa shape index (κ2) is 5.24. The van der Waals surface area contributed by atoms with Crippen LogP contribution in [0.2, 0.25) is 0 Å². The van der Waals surface area contributed by atoms with E-state index in [9.17, 15) is 14.7 Å². The first-order valence-electron chi connectivity index (χ1n) is 7.69. The summed E-state index contributed by atoms with van der Waals surface area (Å²) in [6.45, 7) is 4.14. The molecule has 0 aromatic carbocycles. The molecule has 1 amide bonds. The third kappa shape index (κ3) is 2.24. The summed E-state index contributed by atoms with van der Waals surface area (Å²) in [6, 6.07) is -0.623. The first-order valence-corrected chi connectivity index (χ1v) is 8.74. The van der Waals surface area contributed by atoms with Crippen LogP contribution in [-0.4, -0.2) is 39.1 Å². The van der Waals surface area contributed by atoms with Gasteiger partial charge in [0.25, 0.3) is 0 Å². The van der Waals surface area contributed by atoms with E-state index in [-0.39, 0.29) is 17.2 Å². The predicted molar refractivity (Wildman–Crippen MR) is 78.3 cm³/mol. The summed E-state index contributed by atoms with van der Waals surface area (Å²) in [5, 5.41) is 9.42. The first-order chi connectivity index (χ1) is 9.52. The van der Waals surface area contributed by atoms with Gasteiger partial charge in [0, 0.05) is 11.7 Å². The van der Waals surface area contributed by atoms with E-state index in [0.29, 0.717) is 23.5 Å². The maximum atomic E-state index is 12.9. The van der Waals surface area contributed by atoms with Crippen LogP contribution in [-0.2, 0) is 9.59 Å². The molecule has 4 nitrogen and oxygen atoms in total. The van der Waals surface area contributed by atoms with Gasteiger partial charge in [0.2, 0.25) is 5.91 Å². The Hall–Kier alpha value is -0.710. The highest BCUT2D eigenvalue weighted by atomic mass is 32.2. The van der Waals surface area contributed by atoms with Gasteiger partial charge in [0.1, 0.15) is 6.04 Å². The second-order valence-electron chi connectivity index (χ2n) is 6.71. The Morgan fingerprint density at radius 3 is 2.30 bits per heavy atom. The highest BCUT2D eigenvalue weighted by Crippen LogP contribution is 2.57. The van der Waals surface area contributed by atoms with E-state index in [2.05, 4.69) is 13.8 Å². The van der Waals surface area contributed by atoms with Crippen LogP contribution in [0, 0.1) is 23.7 Å². The maximum absolute atomic E-state index is 12.9. The van der Waals surface area contributed by atoms with Crippen molar-refractivity contribution < 1.29 is 14.7 Å². The van der Waals surface area contributed by atoms with E-state index in [1.165, 1.54) is 12.8 Å². The first kappa shape index (κ1) is 14.2. The average molecular weight is 297 g/mol. The number of hydrogen-bond acceptors (Lipinski definition) is 3. The molecule has 1 aliphatic heterocycles. The third-order valence-electron chi connectivity index (χ3n) is 5.09. The van der Waals surface area contributed by atoms with Gasteiger partial charge in [0.15, 0.2) is 0 Å². The molecular weight excluding hydrogens is 274 g/mol. The summed E-state index contributed by atoms with van der Waals surface area (Å²) < 4.78 is 0. The van der Waals surface area contributed by atoms with Crippen molar-refractivity contribution in [1.82, 2.24) is 4.90 Å². The molecule has 0 spiro atoms. The van der Waals surface area contributed by atoms with Gasteiger partial charge in [-0.05, 0) is 30.6 Å². The largest absolute Gasteiger partial charge is 0.480 e. The van der Waals surface area contributed by atoms with Crippen LogP contribution < -0.4 is 0 Å². The van der Waals surface area contributed by atoms with Gasteiger partial charge in [-0.25, -0.2) is 4.79 Å². The molecule has 0 aromatic rings. The van der Waals surface area contributed by atoms with Crippen LogP contribution >= 0.6 is 11.8 Å². The lowest BCUT2D eigenvalue weighted by atomic mass is 10.0. The molecule has 4 unspecified atom stereocenters. The Morgan fingerprint density at radius 2 is 1.80 bits per heavy atom. The minimum Gasteiger partial charge on any atom is -0.480 e. The number of carboxylic acids is 1. The smallest absolute Gasteiger partial charge is 0.327 e. The fourth-order valence-corrected chi connectivity index (χ4v) is 5.52. The molecule has 3 fully saturated rings. The number of carboxylic acid groups (broad SMARTS) is 1. The lowest BCUT2D eigenvalue weighted by molar-refractivity contribution is -0.150. The standard InChI is InChI=1S/C15H23NO3S/c1-8(2)14-16(11(7-20-14)15(18)19)13(17)12-9-5-3-4-6-10(9)12/h8-12,14H,3-7H2,1-2H3,(H,18,19). The molecule has 0 radical (unpaired) electrons. The van der Waals surface area contributed by atoms with Crippen LogP contribution in [0.1, 0.15) is 39.5 Å². The van der Waals surface area contributed by atoms with E-state index in [1.54, 1.807) is 16.7 Å². The van der Waals surface area contributed by atoms with Crippen molar-refractivity contribution in [1.29, 1.82) is 0 Å². The summed E-state index contributed by atoms with van der Waals surface area (Å²) in [5.74, 6) is 1.32. The molecule has 20 heavy (non-hydrogen) atoms. The fraction of sp³-hybridized carbons (Fsp3) is 0.867. The van der Waals surface area contributed by atoms with E-state index in [1.807, 2.05) is 0 Å². The number of aliphatic carboxylic acids is 1. The van der Waals surface area contributed by atoms with Crippen molar-refractivity contribution in [2.24, 2.45) is 23.7 Å². The topological polar surface area (TPSA) is 57.6 Å². The maximum Gasteiger partial charge on any atom is 0.327 e. The molecule has 112 valence electrons. The van der Waals surface area contributed by atoms with Crippen LogP contribution in [0.3, 0.4) is 0 Å². The number of hydrogen-bond donors (Lipinski definition) is 1. The van der Waals surface area contributed by atoms with Gasteiger partial charge >= 0.3 is 5.97 Å². The number of fused-ring (bicyclic) bond motifs is 1. The Morgan fingerprint density at radius 1 is 1.20 bits per heavy atom. The Bertz CT molecular complexity index is 413. The minimum absolute atomic E-state index is 0.0336. The van der Waals surface area contributed by atoms with Crippen LogP contribution in [0.4, 0.5) is 0 Å². The summed E-state index contributed by atoms with van der Waals surface area (Å²) in [4.78, 5) is 26.0. The van der Waals surface area contributed by atoms with Gasteiger partial charge in [-0.15, -0.1) is 11.8 Å². The number of carbonyl (C=O) groups is 2. The van der Waals surface area contributed by atoms with Crippen molar-refractivity contribution in [3.63, 3.8) is 0 Å². The summed E-state index contributed by atoms with van der Waals surface area (Å²) in [7, 11) is 0. The number of carbonyl (C=O) groups excluding carboxylic acids is 1. The normalized spacial score (nSPS) is 39.8. The molecule has 2 saturated carbocycles. The van der Waals surface area contributed by atoms with Crippen molar-refractivity contribution in [3.05, 3.63) is 0 Å². The van der Waals surface area contributed by atoms with Gasteiger partial charge < -0.3 is 10.0 Å². The number of nitrogens with zero attached hydrogens (tertiary/aromatic N) is 1. The zero-order valence-corrected chi connectivity index (χ0v) is 12.9. The molecule has 1 heterocycles. The lowest BCUT2D eigenvalue weighted by Gasteiger charge is -2.30. The van der Waals surface area contributed by atoms with Crippen molar-refractivity contribution in [3.8, 4) is 0 Å². The van der Waals surface area contributed by atoms with Crippen LogP contribution in [0.15, 0.2) is 0 Å². The average Bonchev–Trinajstić information content (AvgIpc) is 2.94. The Balaban J connectivity index is 1.77. The lowest BCUT2D eigenvalue weighted by Crippen LogP contribution is -2.48. The molecule has 0 bridgehead atoms. The molecule has 3 aliphatic rings. The minimum atomic E-state index is -0.849. The van der Waals surface area contributed by atoms with E-state index in [0.717, 1.165) is 12.8 Å². The van der Waals surface area contributed by atoms with Crippen LogP contribution in [0.25, 0.3) is 0 Å². The molecule has 0 aromatic heterocycles. The molecule has 2 aliphatic carbocycles. The summed E-state index contributed by atoms with van der Waals surface area (Å²) >= 11 is 1.63. The van der Waals surface area contributed by atoms with Crippen molar-refractivity contribution in [2.75, 3.05) is 5.75 Å². The second-order valence-corrected chi connectivity index (χ2v) is 7.86. The summed E-state index contributed by atoms with van der Waals surface area (Å²) in [5.41, 5.74) is 0.